The molecule has 6 heteroatoms. The van der Waals surface area contributed by atoms with Gasteiger partial charge < -0.3 is 31.1 Å². The largest absolute Gasteiger partial charge is 1.00 e. The van der Waals surface area contributed by atoms with E-state index in [-0.39, 0.29) is 18.0 Å². The van der Waals surface area contributed by atoms with Gasteiger partial charge in [0.2, 0.25) is 0 Å². The van der Waals surface area contributed by atoms with Gasteiger partial charge in [-0.2, -0.15) is 0 Å². The summed E-state index contributed by atoms with van der Waals surface area (Å²) in [5.41, 5.74) is -0.226. The SMILES string of the molecule is CCCCCCCCCCCCCCCCCCC(C)(C)O[Si]([NH3+])(OC)OC.[Cl-]. The van der Waals surface area contributed by atoms with E-state index in [1.54, 1.807) is 14.2 Å². The molecule has 0 atom stereocenters. The van der Waals surface area contributed by atoms with Gasteiger partial charge in [-0.1, -0.05) is 110 Å². The summed E-state index contributed by atoms with van der Waals surface area (Å²) in [6, 6.07) is 0. The van der Waals surface area contributed by atoms with Gasteiger partial charge in [-0.25, -0.2) is 0 Å². The lowest BCUT2D eigenvalue weighted by molar-refractivity contribution is -0.321. The molecular formula is C23H52ClNO3Si. The van der Waals surface area contributed by atoms with E-state index in [1.807, 2.05) is 0 Å². The second-order valence-electron chi connectivity index (χ2n) is 9.01. The zero-order valence-corrected chi connectivity index (χ0v) is 22.1. The van der Waals surface area contributed by atoms with Crippen LogP contribution in [0.25, 0.3) is 0 Å². The topological polar surface area (TPSA) is 55.3 Å². The molecule has 0 heterocycles. The van der Waals surface area contributed by atoms with Crippen molar-refractivity contribution in [3.63, 3.8) is 0 Å². The molecule has 0 aromatic rings. The van der Waals surface area contributed by atoms with Crippen molar-refractivity contribution in [2.75, 3.05) is 14.2 Å². The van der Waals surface area contributed by atoms with Crippen LogP contribution in [-0.4, -0.2) is 28.8 Å². The molecule has 3 N–H and O–H groups in total. The standard InChI is InChI=1S/C23H52NO3Si.ClH/c1-6-7-8-9-10-11-12-13-14-15-16-17-18-19-20-21-22-23(2,3)27-28(24,25-4)26-5;/h6-22H2,1-5,24H3;1H/q+1;/p-1. The molecule has 0 aliphatic rings. The van der Waals surface area contributed by atoms with Crippen molar-refractivity contribution in [2.45, 2.75) is 136 Å². The Balaban J connectivity index is 0. The van der Waals surface area contributed by atoms with Crippen LogP contribution in [0.3, 0.4) is 0 Å². The van der Waals surface area contributed by atoms with Gasteiger partial charge in [-0.05, 0) is 20.3 Å². The Kier molecular flexibility index (Phi) is 22.0. The lowest BCUT2D eigenvalue weighted by Gasteiger charge is -2.29. The first-order chi connectivity index (χ1) is 13.4. The molecule has 0 saturated heterocycles. The lowest BCUT2D eigenvalue weighted by Crippen LogP contribution is -3.00. The third kappa shape index (κ3) is 20.0. The molecule has 178 valence electrons. The maximum Gasteiger partial charge on any atom is 0.779 e. The van der Waals surface area contributed by atoms with E-state index in [4.69, 9.17) is 13.3 Å². The molecular weight excluding hydrogens is 402 g/mol. The van der Waals surface area contributed by atoms with Crippen molar-refractivity contribution in [2.24, 2.45) is 0 Å². The highest BCUT2D eigenvalue weighted by molar-refractivity contribution is 6.50. The Bertz CT molecular complexity index is 342. The molecule has 0 aromatic heterocycles. The van der Waals surface area contributed by atoms with E-state index in [2.05, 4.69) is 26.2 Å². The van der Waals surface area contributed by atoms with E-state index in [9.17, 15) is 0 Å². The highest BCUT2D eigenvalue weighted by Gasteiger charge is 2.49. The fourth-order valence-electron chi connectivity index (χ4n) is 3.74. The first kappa shape index (κ1) is 31.5. The van der Waals surface area contributed by atoms with Crippen LogP contribution >= 0.6 is 0 Å². The fourth-order valence-corrected chi connectivity index (χ4v) is 5.01. The Morgan fingerprint density at radius 1 is 0.621 bits per heavy atom. The number of unbranched alkanes of at least 4 members (excludes halogenated alkanes) is 15. The number of quaternary nitrogens is 1. The fraction of sp³-hybridized carbons (Fsp3) is 1.00. The molecule has 0 aliphatic heterocycles. The minimum Gasteiger partial charge on any atom is -1.00 e. The van der Waals surface area contributed by atoms with Crippen LogP contribution < -0.4 is 17.8 Å². The van der Waals surface area contributed by atoms with Gasteiger partial charge in [0.15, 0.2) is 0 Å². The molecule has 0 radical (unpaired) electrons. The molecule has 0 bridgehead atoms. The molecule has 29 heavy (non-hydrogen) atoms. The van der Waals surface area contributed by atoms with Gasteiger partial charge in [-0.15, -0.1) is 0 Å². The molecule has 0 fully saturated rings. The molecule has 0 aliphatic carbocycles. The highest BCUT2D eigenvalue weighted by atomic mass is 35.5. The molecule has 0 rings (SSSR count). The van der Waals surface area contributed by atoms with Crippen LogP contribution in [0.4, 0.5) is 0 Å². The van der Waals surface area contributed by atoms with Gasteiger partial charge in [0.05, 0.1) is 5.60 Å². The van der Waals surface area contributed by atoms with Gasteiger partial charge in [-0.3, -0.25) is 0 Å². The average Bonchev–Trinajstić information content (AvgIpc) is 2.67. The van der Waals surface area contributed by atoms with Crippen LogP contribution in [0, 0.1) is 0 Å². The number of hydrogen-bond donors (Lipinski definition) is 1. The molecule has 0 aromatic carbocycles. The quantitative estimate of drug-likeness (QED) is 0.214. The van der Waals surface area contributed by atoms with Crippen molar-refractivity contribution in [1.82, 2.24) is 0 Å². The van der Waals surface area contributed by atoms with Crippen LogP contribution in [0.2, 0.25) is 0 Å². The van der Waals surface area contributed by atoms with Crippen molar-refractivity contribution in [1.29, 1.82) is 0 Å². The molecule has 4 nitrogen and oxygen atoms in total. The summed E-state index contributed by atoms with van der Waals surface area (Å²) in [5, 5.41) is 3.99. The summed E-state index contributed by atoms with van der Waals surface area (Å²) in [7, 11) is 0.544. The van der Waals surface area contributed by atoms with Crippen LogP contribution in [0.15, 0.2) is 0 Å². The van der Waals surface area contributed by atoms with Gasteiger partial charge >= 0.3 is 8.97 Å². The van der Waals surface area contributed by atoms with Crippen molar-refractivity contribution >= 4 is 8.97 Å². The smallest absolute Gasteiger partial charge is 0.779 e. The second kappa shape index (κ2) is 20.3. The molecule has 0 spiro atoms. The zero-order valence-electron chi connectivity index (χ0n) is 20.3. The predicted octanol–water partition coefficient (Wildman–Crippen LogP) is 3.41. The Morgan fingerprint density at radius 3 is 1.24 bits per heavy atom. The summed E-state index contributed by atoms with van der Waals surface area (Å²) < 4.78 is 16.7. The van der Waals surface area contributed by atoms with E-state index >= 15 is 0 Å². The third-order valence-corrected chi connectivity index (χ3v) is 7.79. The van der Waals surface area contributed by atoms with E-state index in [0.717, 1.165) is 6.42 Å². The van der Waals surface area contributed by atoms with Gasteiger partial charge in [0, 0.05) is 14.2 Å². The molecule has 0 unspecified atom stereocenters. The maximum absolute atomic E-state index is 6.03. The maximum atomic E-state index is 6.03. The summed E-state index contributed by atoms with van der Waals surface area (Å²) >= 11 is 0. The Morgan fingerprint density at radius 2 is 0.931 bits per heavy atom. The normalized spacial score (nSPS) is 12.2. The lowest BCUT2D eigenvalue weighted by atomic mass is 9.99. The van der Waals surface area contributed by atoms with Crippen molar-refractivity contribution in [3.05, 3.63) is 0 Å². The molecule has 0 amide bonds. The summed E-state index contributed by atoms with van der Waals surface area (Å²) in [4.78, 5) is 0. The summed E-state index contributed by atoms with van der Waals surface area (Å²) in [5.74, 6) is 0. The minimum absolute atomic E-state index is 0. The zero-order chi connectivity index (χ0) is 21.1. The first-order valence-electron chi connectivity index (χ1n) is 12.0. The summed E-state index contributed by atoms with van der Waals surface area (Å²) in [6.45, 7) is 6.52. The van der Waals surface area contributed by atoms with Crippen molar-refractivity contribution < 1.29 is 31.1 Å². The van der Waals surface area contributed by atoms with E-state index in [0.29, 0.717) is 0 Å². The second-order valence-corrected chi connectivity index (χ2v) is 11.4. The van der Waals surface area contributed by atoms with E-state index in [1.165, 1.54) is 103 Å². The first-order valence-corrected chi connectivity index (χ1v) is 14.0. The Hall–Kier alpha value is 0.347. The summed E-state index contributed by atoms with van der Waals surface area (Å²) in [6.07, 6.45) is 23.4. The monoisotopic (exact) mass is 453 g/mol. The highest BCUT2D eigenvalue weighted by Crippen LogP contribution is 2.22. The van der Waals surface area contributed by atoms with Crippen molar-refractivity contribution in [3.8, 4) is 0 Å². The number of rotatable bonds is 21. The van der Waals surface area contributed by atoms with Gasteiger partial charge in [0.25, 0.3) is 0 Å². The third-order valence-electron chi connectivity index (χ3n) is 5.69. The minimum atomic E-state index is -2.69. The predicted molar refractivity (Wildman–Crippen MR) is 122 cm³/mol. The van der Waals surface area contributed by atoms with Crippen LogP contribution in [0.1, 0.15) is 130 Å². The number of halogens is 1. The molecule has 0 saturated carbocycles. The van der Waals surface area contributed by atoms with Gasteiger partial charge in [0.1, 0.15) is 0 Å². The number of hydrogen-bond acceptors (Lipinski definition) is 3. The van der Waals surface area contributed by atoms with Crippen LogP contribution in [0.5, 0.6) is 0 Å². The Labute approximate surface area is 189 Å². The average molecular weight is 454 g/mol. The van der Waals surface area contributed by atoms with Crippen LogP contribution in [-0.2, 0) is 13.3 Å². The van der Waals surface area contributed by atoms with E-state index < -0.39 is 8.97 Å².